The van der Waals surface area contributed by atoms with Crippen LogP contribution in [0.3, 0.4) is 0 Å². The Kier molecular flexibility index (Phi) is 6.21. The predicted molar refractivity (Wildman–Crippen MR) is 145 cm³/mol. The highest BCUT2D eigenvalue weighted by atomic mass is 32.1. The molecule has 8 heteroatoms. The van der Waals surface area contributed by atoms with Gasteiger partial charge in [-0.1, -0.05) is 41.2 Å². The maximum atomic E-state index is 13.6. The summed E-state index contributed by atoms with van der Waals surface area (Å²) in [7, 11) is 3.05. The van der Waals surface area contributed by atoms with Crippen LogP contribution in [0.15, 0.2) is 60.2 Å². The second kappa shape index (κ2) is 9.37. The molecule has 2 heterocycles. The Morgan fingerprint density at radius 1 is 0.919 bits per heavy atom. The third kappa shape index (κ3) is 4.13. The van der Waals surface area contributed by atoms with Crippen LogP contribution >= 0.6 is 11.3 Å². The molecule has 1 aliphatic heterocycles. The van der Waals surface area contributed by atoms with Crippen molar-refractivity contribution in [3.05, 3.63) is 88.0 Å². The van der Waals surface area contributed by atoms with E-state index in [-0.39, 0.29) is 11.3 Å². The highest BCUT2D eigenvalue weighted by Crippen LogP contribution is 2.46. The minimum absolute atomic E-state index is 0.00126. The first-order valence-electron chi connectivity index (χ1n) is 11.7. The molecule has 1 amide bonds. The minimum atomic E-state index is -0.915. The number of aromatic nitrogens is 1. The number of benzene rings is 3. The van der Waals surface area contributed by atoms with Crippen LogP contribution in [0.2, 0.25) is 0 Å². The molecule has 1 aromatic heterocycles. The monoisotopic (exact) mass is 514 g/mol. The summed E-state index contributed by atoms with van der Waals surface area (Å²) in [4.78, 5) is 33.2. The molecule has 1 aliphatic rings. The summed E-state index contributed by atoms with van der Waals surface area (Å²) in [6, 6.07) is 15.7. The van der Waals surface area contributed by atoms with Crippen molar-refractivity contribution < 1.29 is 24.2 Å². The molecule has 1 atom stereocenters. The summed E-state index contributed by atoms with van der Waals surface area (Å²) < 4.78 is 11.8. The topological polar surface area (TPSA) is 89.0 Å². The second-order valence-corrected chi connectivity index (χ2v) is 10.1. The largest absolute Gasteiger partial charge is 0.507 e. The van der Waals surface area contributed by atoms with Crippen molar-refractivity contribution in [2.45, 2.75) is 26.8 Å². The normalized spacial score (nSPS) is 17.0. The quantitative estimate of drug-likeness (QED) is 0.204. The summed E-state index contributed by atoms with van der Waals surface area (Å²) in [6.07, 6.45) is 0. The fourth-order valence-electron chi connectivity index (χ4n) is 4.63. The Morgan fingerprint density at radius 2 is 1.62 bits per heavy atom. The number of nitrogens with zero attached hydrogens (tertiary/aromatic N) is 2. The molecule has 0 aliphatic carbocycles. The van der Waals surface area contributed by atoms with Gasteiger partial charge in [0.05, 0.1) is 36.1 Å². The van der Waals surface area contributed by atoms with E-state index in [9.17, 15) is 14.7 Å². The van der Waals surface area contributed by atoms with Gasteiger partial charge in [-0.3, -0.25) is 14.5 Å². The van der Waals surface area contributed by atoms with E-state index in [0.717, 1.165) is 26.9 Å². The summed E-state index contributed by atoms with van der Waals surface area (Å²) >= 11 is 1.33. The van der Waals surface area contributed by atoms with Gasteiger partial charge in [0.1, 0.15) is 5.76 Å². The van der Waals surface area contributed by atoms with E-state index < -0.39 is 17.7 Å². The lowest BCUT2D eigenvalue weighted by Crippen LogP contribution is -2.29. The van der Waals surface area contributed by atoms with Crippen molar-refractivity contribution in [3.8, 4) is 11.5 Å². The molecule has 37 heavy (non-hydrogen) atoms. The average molecular weight is 515 g/mol. The molecule has 0 radical (unpaired) electrons. The zero-order valence-corrected chi connectivity index (χ0v) is 22.0. The number of ether oxygens (including phenoxy) is 2. The Morgan fingerprint density at radius 3 is 2.35 bits per heavy atom. The van der Waals surface area contributed by atoms with Gasteiger partial charge in [-0.2, -0.15) is 0 Å². The van der Waals surface area contributed by atoms with Gasteiger partial charge in [0.25, 0.3) is 5.78 Å². The van der Waals surface area contributed by atoms with Crippen LogP contribution < -0.4 is 14.4 Å². The molecule has 0 bridgehead atoms. The van der Waals surface area contributed by atoms with Gasteiger partial charge in [-0.05, 0) is 67.8 Å². The Labute approximate surface area is 218 Å². The van der Waals surface area contributed by atoms with E-state index in [2.05, 4.69) is 4.98 Å². The number of methoxy groups -OCH3 is 2. The highest BCUT2D eigenvalue weighted by molar-refractivity contribution is 7.22. The van der Waals surface area contributed by atoms with E-state index in [0.29, 0.717) is 27.8 Å². The van der Waals surface area contributed by atoms with Gasteiger partial charge < -0.3 is 14.6 Å². The predicted octanol–water partition coefficient (Wildman–Crippen LogP) is 5.87. The van der Waals surface area contributed by atoms with Crippen molar-refractivity contribution in [2.75, 3.05) is 19.1 Å². The zero-order chi connectivity index (χ0) is 26.4. The Bertz CT molecular complexity index is 1600. The zero-order valence-electron chi connectivity index (χ0n) is 21.2. The van der Waals surface area contributed by atoms with E-state index in [1.165, 1.54) is 30.5 Å². The number of ketones is 1. The van der Waals surface area contributed by atoms with Gasteiger partial charge in [0.2, 0.25) is 0 Å². The first kappa shape index (κ1) is 24.5. The standard InChI is InChI=1S/C29H26N2O5S/c1-15-6-8-17(3)19(12-15)26(32)24-25(18-9-11-21(35-4)22(14-18)36-5)31(28(34)27(24)33)29-30-20-10-7-16(2)13-23(20)37-29/h6-14,25,32H,1-5H3/b26-24+. The summed E-state index contributed by atoms with van der Waals surface area (Å²) in [5.41, 5.74) is 4.59. The molecule has 0 saturated carbocycles. The third-order valence-electron chi connectivity index (χ3n) is 6.55. The third-order valence-corrected chi connectivity index (χ3v) is 7.57. The lowest BCUT2D eigenvalue weighted by atomic mass is 9.93. The van der Waals surface area contributed by atoms with E-state index in [4.69, 9.17) is 9.47 Å². The van der Waals surface area contributed by atoms with Gasteiger partial charge in [-0.15, -0.1) is 0 Å². The molecule has 1 saturated heterocycles. The summed E-state index contributed by atoms with van der Waals surface area (Å²) in [6.45, 7) is 5.74. The number of aryl methyl sites for hydroxylation is 3. The number of anilines is 1. The van der Waals surface area contributed by atoms with Crippen molar-refractivity contribution in [1.29, 1.82) is 0 Å². The first-order chi connectivity index (χ1) is 17.7. The lowest BCUT2D eigenvalue weighted by molar-refractivity contribution is -0.132. The maximum Gasteiger partial charge on any atom is 0.301 e. The molecule has 1 unspecified atom stereocenters. The SMILES string of the molecule is COc1ccc(C2/C(=C(\O)c3cc(C)ccc3C)C(=O)C(=O)N2c2nc3ccc(C)cc3s2)cc1OC. The van der Waals surface area contributed by atoms with Crippen LogP contribution in [0, 0.1) is 20.8 Å². The number of hydrogen-bond donors (Lipinski definition) is 1. The molecule has 3 aromatic carbocycles. The van der Waals surface area contributed by atoms with Crippen LogP contribution in [0.25, 0.3) is 16.0 Å². The van der Waals surface area contributed by atoms with Gasteiger partial charge in [0.15, 0.2) is 16.6 Å². The number of amides is 1. The van der Waals surface area contributed by atoms with Gasteiger partial charge >= 0.3 is 5.91 Å². The molecule has 1 N–H and O–H groups in total. The van der Waals surface area contributed by atoms with Crippen LogP contribution in [0.1, 0.15) is 33.9 Å². The van der Waals surface area contributed by atoms with E-state index in [1.807, 2.05) is 57.2 Å². The number of carbonyl (C=O) groups is 2. The maximum absolute atomic E-state index is 13.6. The van der Waals surface area contributed by atoms with E-state index in [1.54, 1.807) is 18.2 Å². The number of hydrogen-bond acceptors (Lipinski definition) is 7. The fraction of sp³-hybridized carbons (Fsp3) is 0.207. The van der Waals surface area contributed by atoms with E-state index >= 15 is 0 Å². The first-order valence-corrected chi connectivity index (χ1v) is 12.5. The summed E-state index contributed by atoms with van der Waals surface area (Å²) in [5, 5.41) is 11.9. The number of thiazole rings is 1. The molecule has 5 rings (SSSR count). The van der Waals surface area contributed by atoms with Gasteiger partial charge in [0, 0.05) is 5.56 Å². The van der Waals surface area contributed by atoms with Crippen molar-refractivity contribution >= 4 is 44.1 Å². The fourth-order valence-corrected chi connectivity index (χ4v) is 5.72. The van der Waals surface area contributed by atoms with Crippen LogP contribution in [0.4, 0.5) is 5.13 Å². The smallest absolute Gasteiger partial charge is 0.301 e. The molecule has 0 spiro atoms. The molecular weight excluding hydrogens is 488 g/mol. The molecule has 7 nitrogen and oxygen atoms in total. The van der Waals surface area contributed by atoms with Crippen LogP contribution in [-0.4, -0.2) is 36.0 Å². The molecule has 4 aromatic rings. The average Bonchev–Trinajstić information content (AvgIpc) is 3.42. The van der Waals surface area contributed by atoms with Crippen molar-refractivity contribution in [2.24, 2.45) is 0 Å². The Hall–Kier alpha value is -4.17. The minimum Gasteiger partial charge on any atom is -0.507 e. The van der Waals surface area contributed by atoms with Gasteiger partial charge in [-0.25, -0.2) is 4.98 Å². The highest BCUT2D eigenvalue weighted by Gasteiger charge is 2.48. The number of Topliss-reactive ketones (excluding diaryl/α,β-unsaturated/α-hetero) is 1. The second-order valence-electron chi connectivity index (χ2n) is 9.07. The van der Waals surface area contributed by atoms with Crippen molar-refractivity contribution in [3.63, 3.8) is 0 Å². The number of rotatable bonds is 5. The molecular formula is C29H26N2O5S. The summed E-state index contributed by atoms with van der Waals surface area (Å²) in [5.74, 6) is -0.791. The number of fused-ring (bicyclic) bond motifs is 1. The number of carbonyl (C=O) groups excluding carboxylic acids is 2. The van der Waals surface area contributed by atoms with Crippen LogP contribution in [0.5, 0.6) is 11.5 Å². The Balaban J connectivity index is 1.77. The lowest BCUT2D eigenvalue weighted by Gasteiger charge is -2.24. The van der Waals surface area contributed by atoms with Crippen molar-refractivity contribution in [1.82, 2.24) is 4.98 Å². The number of aliphatic hydroxyl groups is 1. The molecule has 188 valence electrons. The molecule has 1 fully saturated rings. The number of aliphatic hydroxyl groups excluding tert-OH is 1. The van der Waals surface area contributed by atoms with Crippen LogP contribution in [-0.2, 0) is 9.59 Å².